The zero-order valence-electron chi connectivity index (χ0n) is 16.2. The van der Waals surface area contributed by atoms with Crippen molar-refractivity contribution in [1.82, 2.24) is 19.9 Å². The van der Waals surface area contributed by atoms with Gasteiger partial charge in [-0.1, -0.05) is 19.1 Å². The average Bonchev–Trinajstić information content (AvgIpc) is 3.46. The second-order valence-electron chi connectivity index (χ2n) is 6.82. The van der Waals surface area contributed by atoms with Gasteiger partial charge in [-0.05, 0) is 30.7 Å². The molecule has 0 aliphatic rings. The normalized spacial score (nSPS) is 12.2. The Morgan fingerprint density at radius 1 is 1.20 bits per heavy atom. The van der Waals surface area contributed by atoms with Gasteiger partial charge in [0.1, 0.15) is 11.0 Å². The monoisotopic (exact) mass is 440 g/mol. The number of amides is 1. The van der Waals surface area contributed by atoms with E-state index in [2.05, 4.69) is 22.2 Å². The number of aliphatic carboxylic acids is 1. The van der Waals surface area contributed by atoms with Crippen LogP contribution in [0.2, 0.25) is 0 Å². The van der Waals surface area contributed by atoms with E-state index in [-0.39, 0.29) is 6.42 Å². The van der Waals surface area contributed by atoms with Crippen molar-refractivity contribution in [1.29, 1.82) is 0 Å². The molecule has 0 saturated carbocycles. The highest BCUT2D eigenvalue weighted by molar-refractivity contribution is 7.26. The number of benzene rings is 1. The first-order valence-electron chi connectivity index (χ1n) is 9.53. The van der Waals surface area contributed by atoms with Crippen LogP contribution in [0.1, 0.15) is 28.7 Å². The van der Waals surface area contributed by atoms with Crippen molar-refractivity contribution in [3.8, 4) is 9.88 Å². The van der Waals surface area contributed by atoms with Crippen molar-refractivity contribution in [2.45, 2.75) is 32.4 Å². The number of hydrogen-bond acceptors (Lipinski definition) is 6. The Hall–Kier alpha value is -3.04. The maximum Gasteiger partial charge on any atom is 0.326 e. The minimum atomic E-state index is -1.09. The van der Waals surface area contributed by atoms with E-state index in [4.69, 9.17) is 0 Å². The van der Waals surface area contributed by atoms with Gasteiger partial charge in [0.05, 0.1) is 32.0 Å². The van der Waals surface area contributed by atoms with Gasteiger partial charge < -0.3 is 15.0 Å². The first kappa shape index (κ1) is 20.2. The van der Waals surface area contributed by atoms with Crippen LogP contribution >= 0.6 is 22.7 Å². The van der Waals surface area contributed by atoms with Crippen molar-refractivity contribution in [3.05, 3.63) is 59.5 Å². The average molecular weight is 441 g/mol. The lowest BCUT2D eigenvalue weighted by Gasteiger charge is -2.12. The zero-order chi connectivity index (χ0) is 21.1. The van der Waals surface area contributed by atoms with Crippen molar-refractivity contribution in [2.75, 3.05) is 0 Å². The summed E-state index contributed by atoms with van der Waals surface area (Å²) in [7, 11) is 0. The van der Waals surface area contributed by atoms with Gasteiger partial charge >= 0.3 is 5.97 Å². The Bertz CT molecular complexity index is 1160. The molecule has 0 fully saturated rings. The molecule has 3 aromatic heterocycles. The topological polar surface area (TPSA) is 97.1 Å². The Morgan fingerprint density at radius 2 is 2.03 bits per heavy atom. The second-order valence-corrected chi connectivity index (χ2v) is 8.94. The number of nitrogens with one attached hydrogen (secondary N) is 1. The lowest BCUT2D eigenvalue weighted by Crippen LogP contribution is -2.42. The molecule has 30 heavy (non-hydrogen) atoms. The summed E-state index contributed by atoms with van der Waals surface area (Å²) < 4.78 is 3.00. The van der Waals surface area contributed by atoms with Crippen LogP contribution < -0.4 is 5.32 Å². The SMILES string of the molecule is CCCn1cnc(C[C@H](NC(=O)c2ccc(-c3nc4ccccc4s3)s2)C(=O)O)c1. The molecule has 1 amide bonds. The summed E-state index contributed by atoms with van der Waals surface area (Å²) in [4.78, 5) is 34.5. The number of thiazole rings is 1. The summed E-state index contributed by atoms with van der Waals surface area (Å²) in [6.45, 7) is 2.88. The molecule has 0 spiro atoms. The predicted molar refractivity (Wildman–Crippen MR) is 118 cm³/mol. The van der Waals surface area contributed by atoms with Gasteiger partial charge in [-0.25, -0.2) is 14.8 Å². The van der Waals surface area contributed by atoms with Crippen LogP contribution in [0, 0.1) is 0 Å². The predicted octanol–water partition coefficient (Wildman–Crippen LogP) is 4.06. The number of para-hydroxylation sites is 1. The number of carboxylic acids is 1. The number of rotatable bonds is 8. The third-order valence-corrected chi connectivity index (χ3v) is 6.81. The molecule has 0 radical (unpaired) electrons. The fourth-order valence-electron chi connectivity index (χ4n) is 3.08. The molecule has 1 aromatic carbocycles. The van der Waals surface area contributed by atoms with Crippen molar-refractivity contribution in [2.24, 2.45) is 0 Å². The van der Waals surface area contributed by atoms with E-state index < -0.39 is 17.9 Å². The molecule has 0 aliphatic heterocycles. The van der Waals surface area contributed by atoms with Gasteiger partial charge in [-0.3, -0.25) is 4.79 Å². The van der Waals surface area contributed by atoms with E-state index >= 15 is 0 Å². The van der Waals surface area contributed by atoms with E-state index in [1.54, 1.807) is 23.7 Å². The first-order valence-corrected chi connectivity index (χ1v) is 11.2. The molecule has 4 aromatic rings. The van der Waals surface area contributed by atoms with E-state index in [9.17, 15) is 14.7 Å². The molecule has 7 nitrogen and oxygen atoms in total. The molecule has 0 unspecified atom stereocenters. The molecular weight excluding hydrogens is 420 g/mol. The number of thiophene rings is 1. The van der Waals surface area contributed by atoms with Gasteiger partial charge in [0, 0.05) is 19.2 Å². The smallest absolute Gasteiger partial charge is 0.326 e. The van der Waals surface area contributed by atoms with E-state index in [1.165, 1.54) is 11.3 Å². The van der Waals surface area contributed by atoms with Gasteiger partial charge in [0.15, 0.2) is 0 Å². The van der Waals surface area contributed by atoms with Crippen LogP contribution in [-0.4, -0.2) is 37.6 Å². The van der Waals surface area contributed by atoms with Crippen LogP contribution in [-0.2, 0) is 17.8 Å². The standard InChI is InChI=1S/C21H20N4O3S2/c1-2-9-25-11-13(22-12-25)10-15(21(27)28)23-19(26)17-7-8-18(29-17)20-24-14-5-3-4-6-16(14)30-20/h3-8,11-12,15H,2,9-10H2,1H3,(H,23,26)(H,27,28)/t15-/m0/s1. The lowest BCUT2D eigenvalue weighted by molar-refractivity contribution is -0.139. The summed E-state index contributed by atoms with van der Waals surface area (Å²) in [5.41, 5.74) is 1.56. The summed E-state index contributed by atoms with van der Waals surface area (Å²) in [6, 6.07) is 10.4. The number of fused-ring (bicyclic) bond motifs is 1. The third kappa shape index (κ3) is 4.42. The molecule has 3 heterocycles. The van der Waals surface area contributed by atoms with Crippen molar-refractivity contribution in [3.63, 3.8) is 0 Å². The quantitative estimate of drug-likeness (QED) is 0.431. The van der Waals surface area contributed by atoms with Crippen LogP contribution in [0.3, 0.4) is 0 Å². The number of carbonyl (C=O) groups is 2. The Labute approximate surface area is 181 Å². The van der Waals surface area contributed by atoms with Crippen LogP contribution in [0.25, 0.3) is 20.1 Å². The van der Waals surface area contributed by atoms with E-state index in [1.807, 2.05) is 41.1 Å². The van der Waals surface area contributed by atoms with Crippen molar-refractivity contribution < 1.29 is 14.7 Å². The number of aryl methyl sites for hydroxylation is 1. The minimum Gasteiger partial charge on any atom is -0.480 e. The van der Waals surface area contributed by atoms with Crippen LogP contribution in [0.5, 0.6) is 0 Å². The molecule has 0 aliphatic carbocycles. The number of aromatic nitrogens is 3. The first-order chi connectivity index (χ1) is 14.5. The third-order valence-electron chi connectivity index (χ3n) is 4.52. The molecule has 0 bridgehead atoms. The Kier molecular flexibility index (Phi) is 5.91. The summed E-state index contributed by atoms with van der Waals surface area (Å²) >= 11 is 2.87. The highest BCUT2D eigenvalue weighted by Crippen LogP contribution is 2.34. The summed E-state index contributed by atoms with van der Waals surface area (Å²) in [6.07, 6.45) is 4.60. The fourth-order valence-corrected chi connectivity index (χ4v) is 5.01. The van der Waals surface area contributed by atoms with Gasteiger partial charge in [0.2, 0.25) is 0 Å². The number of imidazole rings is 1. The maximum absolute atomic E-state index is 12.7. The van der Waals surface area contributed by atoms with Crippen molar-refractivity contribution >= 4 is 44.8 Å². The molecule has 1 atom stereocenters. The highest BCUT2D eigenvalue weighted by atomic mass is 32.1. The molecule has 9 heteroatoms. The van der Waals surface area contributed by atoms with E-state index in [0.29, 0.717) is 10.6 Å². The van der Waals surface area contributed by atoms with Gasteiger partial charge in [-0.2, -0.15) is 0 Å². The molecule has 2 N–H and O–H groups in total. The molecule has 4 rings (SSSR count). The Morgan fingerprint density at radius 3 is 2.80 bits per heavy atom. The summed E-state index contributed by atoms with van der Waals surface area (Å²) in [5.74, 6) is -1.50. The maximum atomic E-state index is 12.7. The number of nitrogens with zero attached hydrogens (tertiary/aromatic N) is 3. The summed E-state index contributed by atoms with van der Waals surface area (Å²) in [5, 5.41) is 13.0. The Balaban J connectivity index is 1.47. The number of carbonyl (C=O) groups excluding carboxylic acids is 1. The fraction of sp³-hybridized carbons (Fsp3) is 0.238. The second kappa shape index (κ2) is 8.76. The van der Waals surface area contributed by atoms with Crippen LogP contribution in [0.15, 0.2) is 48.9 Å². The van der Waals surface area contributed by atoms with Crippen LogP contribution in [0.4, 0.5) is 0 Å². The molecule has 0 saturated heterocycles. The van der Waals surface area contributed by atoms with Gasteiger partial charge in [-0.15, -0.1) is 22.7 Å². The highest BCUT2D eigenvalue weighted by Gasteiger charge is 2.23. The van der Waals surface area contributed by atoms with Gasteiger partial charge in [0.25, 0.3) is 5.91 Å². The lowest BCUT2D eigenvalue weighted by atomic mass is 10.1. The largest absolute Gasteiger partial charge is 0.480 e. The number of carboxylic acid groups (broad SMARTS) is 1. The van der Waals surface area contributed by atoms with E-state index in [0.717, 1.165) is 33.1 Å². The zero-order valence-corrected chi connectivity index (χ0v) is 17.9. The minimum absolute atomic E-state index is 0.133. The number of hydrogen-bond donors (Lipinski definition) is 2. The molecular formula is C21H20N4O3S2. The molecule has 154 valence electrons.